The van der Waals surface area contributed by atoms with Crippen LogP contribution in [0.25, 0.3) is 0 Å². The normalized spacial score (nSPS) is 21.0. The van der Waals surface area contributed by atoms with Crippen molar-refractivity contribution < 1.29 is 4.74 Å². The monoisotopic (exact) mass is 242 g/mol. The van der Waals surface area contributed by atoms with Gasteiger partial charge in [0.2, 0.25) is 0 Å². The molecule has 1 heterocycles. The quantitative estimate of drug-likeness (QED) is 0.608. The van der Waals surface area contributed by atoms with Crippen LogP contribution in [0.3, 0.4) is 0 Å². The van der Waals surface area contributed by atoms with E-state index in [1.165, 1.54) is 32.1 Å². The molecule has 0 spiro atoms. The van der Waals surface area contributed by atoms with E-state index in [9.17, 15) is 0 Å². The third-order valence-electron chi connectivity index (χ3n) is 3.27. The Morgan fingerprint density at radius 1 is 1.24 bits per heavy atom. The van der Waals surface area contributed by atoms with E-state index in [1.54, 1.807) is 0 Å². The topological polar surface area (TPSA) is 33.3 Å². The lowest BCUT2D eigenvalue weighted by molar-refractivity contribution is 0.0767. The van der Waals surface area contributed by atoms with E-state index in [4.69, 9.17) is 4.74 Å². The molecule has 1 fully saturated rings. The SMILES string of the molecule is CC(C)CCCCCCNCC1COCCN1. The van der Waals surface area contributed by atoms with Gasteiger partial charge < -0.3 is 15.4 Å². The molecule has 0 saturated carbocycles. The van der Waals surface area contributed by atoms with Crippen molar-refractivity contribution in [1.29, 1.82) is 0 Å². The highest BCUT2D eigenvalue weighted by atomic mass is 16.5. The first-order valence-corrected chi connectivity index (χ1v) is 7.31. The number of hydrogen-bond donors (Lipinski definition) is 2. The van der Waals surface area contributed by atoms with Crippen LogP contribution in [0.1, 0.15) is 46.0 Å². The zero-order valence-corrected chi connectivity index (χ0v) is 11.6. The van der Waals surface area contributed by atoms with Crippen molar-refractivity contribution in [1.82, 2.24) is 10.6 Å². The molecule has 1 unspecified atom stereocenters. The number of rotatable bonds is 9. The van der Waals surface area contributed by atoms with Gasteiger partial charge in [0.05, 0.1) is 13.2 Å². The summed E-state index contributed by atoms with van der Waals surface area (Å²) >= 11 is 0. The van der Waals surface area contributed by atoms with Gasteiger partial charge in [0.15, 0.2) is 0 Å². The molecule has 1 saturated heterocycles. The standard InChI is InChI=1S/C14H30N2O/c1-13(2)7-5-3-4-6-8-15-11-14-12-17-10-9-16-14/h13-16H,3-12H2,1-2H3. The number of morpholine rings is 1. The Hall–Kier alpha value is -0.120. The molecule has 1 aliphatic rings. The van der Waals surface area contributed by atoms with E-state index in [-0.39, 0.29) is 0 Å². The van der Waals surface area contributed by atoms with Crippen LogP contribution in [-0.2, 0) is 4.74 Å². The van der Waals surface area contributed by atoms with E-state index < -0.39 is 0 Å². The molecule has 2 N–H and O–H groups in total. The maximum Gasteiger partial charge on any atom is 0.0632 e. The van der Waals surface area contributed by atoms with Gasteiger partial charge in [-0.2, -0.15) is 0 Å². The molecule has 0 radical (unpaired) electrons. The molecule has 3 heteroatoms. The van der Waals surface area contributed by atoms with Crippen LogP contribution in [0.15, 0.2) is 0 Å². The zero-order valence-electron chi connectivity index (χ0n) is 11.6. The van der Waals surface area contributed by atoms with Gasteiger partial charge in [0.25, 0.3) is 0 Å². The van der Waals surface area contributed by atoms with Crippen LogP contribution in [0.5, 0.6) is 0 Å². The molecule has 1 aliphatic heterocycles. The smallest absolute Gasteiger partial charge is 0.0632 e. The second kappa shape index (κ2) is 9.86. The van der Waals surface area contributed by atoms with Gasteiger partial charge in [0.1, 0.15) is 0 Å². The van der Waals surface area contributed by atoms with Gasteiger partial charge in [-0.3, -0.25) is 0 Å². The molecule has 0 aromatic carbocycles. The van der Waals surface area contributed by atoms with Gasteiger partial charge >= 0.3 is 0 Å². The Morgan fingerprint density at radius 2 is 2.06 bits per heavy atom. The molecule has 17 heavy (non-hydrogen) atoms. The van der Waals surface area contributed by atoms with E-state index in [0.29, 0.717) is 6.04 Å². The highest BCUT2D eigenvalue weighted by Gasteiger charge is 2.11. The second-order valence-corrected chi connectivity index (χ2v) is 5.53. The van der Waals surface area contributed by atoms with Crippen molar-refractivity contribution in [2.45, 2.75) is 52.0 Å². The van der Waals surface area contributed by atoms with E-state index >= 15 is 0 Å². The first-order chi connectivity index (χ1) is 8.29. The van der Waals surface area contributed by atoms with Crippen molar-refractivity contribution in [3.8, 4) is 0 Å². The first-order valence-electron chi connectivity index (χ1n) is 7.31. The van der Waals surface area contributed by atoms with Crippen LogP contribution >= 0.6 is 0 Å². The van der Waals surface area contributed by atoms with Crippen molar-refractivity contribution in [2.24, 2.45) is 5.92 Å². The molecular weight excluding hydrogens is 212 g/mol. The van der Waals surface area contributed by atoms with Crippen LogP contribution < -0.4 is 10.6 Å². The summed E-state index contributed by atoms with van der Waals surface area (Å²) in [5, 5.41) is 6.97. The molecule has 1 atom stereocenters. The third kappa shape index (κ3) is 8.58. The Kier molecular flexibility index (Phi) is 8.67. The number of ether oxygens (including phenoxy) is 1. The van der Waals surface area contributed by atoms with Crippen molar-refractivity contribution in [3.05, 3.63) is 0 Å². The van der Waals surface area contributed by atoms with Crippen molar-refractivity contribution >= 4 is 0 Å². The van der Waals surface area contributed by atoms with Crippen LogP contribution in [0, 0.1) is 5.92 Å². The molecular formula is C14H30N2O. The Balaban J connectivity index is 1.78. The average molecular weight is 242 g/mol. The fourth-order valence-corrected chi connectivity index (χ4v) is 2.18. The Morgan fingerprint density at radius 3 is 2.76 bits per heavy atom. The van der Waals surface area contributed by atoms with Gasteiger partial charge in [0, 0.05) is 19.1 Å². The minimum Gasteiger partial charge on any atom is -0.378 e. The van der Waals surface area contributed by atoms with Gasteiger partial charge in [-0.1, -0.05) is 39.5 Å². The largest absolute Gasteiger partial charge is 0.378 e. The summed E-state index contributed by atoms with van der Waals surface area (Å²) in [5.74, 6) is 0.866. The summed E-state index contributed by atoms with van der Waals surface area (Å²) in [5.41, 5.74) is 0. The van der Waals surface area contributed by atoms with Crippen molar-refractivity contribution in [2.75, 3.05) is 32.8 Å². The molecule has 3 nitrogen and oxygen atoms in total. The van der Waals surface area contributed by atoms with Gasteiger partial charge in [-0.05, 0) is 18.9 Å². The molecule has 0 aliphatic carbocycles. The lowest BCUT2D eigenvalue weighted by Crippen LogP contribution is -2.47. The maximum absolute atomic E-state index is 5.41. The van der Waals surface area contributed by atoms with E-state index in [1.807, 2.05) is 0 Å². The van der Waals surface area contributed by atoms with E-state index in [2.05, 4.69) is 24.5 Å². The summed E-state index contributed by atoms with van der Waals surface area (Å²) in [6.45, 7) is 9.54. The predicted molar refractivity (Wildman–Crippen MR) is 73.4 cm³/mol. The third-order valence-corrected chi connectivity index (χ3v) is 3.27. The minimum absolute atomic E-state index is 0.518. The second-order valence-electron chi connectivity index (χ2n) is 5.53. The predicted octanol–water partition coefficient (Wildman–Crippen LogP) is 2.17. The fourth-order valence-electron chi connectivity index (χ4n) is 2.18. The van der Waals surface area contributed by atoms with Crippen molar-refractivity contribution in [3.63, 3.8) is 0 Å². The highest BCUT2D eigenvalue weighted by molar-refractivity contribution is 4.72. The van der Waals surface area contributed by atoms with Crippen LogP contribution in [0.2, 0.25) is 0 Å². The summed E-state index contributed by atoms with van der Waals surface area (Å²) in [6, 6.07) is 0.518. The molecule has 0 aromatic rings. The average Bonchev–Trinajstić information content (AvgIpc) is 2.33. The summed E-state index contributed by atoms with van der Waals surface area (Å²) in [6.07, 6.45) is 6.86. The Bertz CT molecular complexity index is 168. The lowest BCUT2D eigenvalue weighted by atomic mass is 10.0. The summed E-state index contributed by atoms with van der Waals surface area (Å²) in [4.78, 5) is 0. The molecule has 102 valence electrons. The number of hydrogen-bond acceptors (Lipinski definition) is 3. The van der Waals surface area contributed by atoms with E-state index in [0.717, 1.165) is 38.8 Å². The first kappa shape index (κ1) is 14.9. The fraction of sp³-hybridized carbons (Fsp3) is 1.00. The highest BCUT2D eigenvalue weighted by Crippen LogP contribution is 2.08. The Labute approximate surface area is 107 Å². The molecule has 1 rings (SSSR count). The maximum atomic E-state index is 5.41. The summed E-state index contributed by atoms with van der Waals surface area (Å²) in [7, 11) is 0. The molecule has 0 bridgehead atoms. The lowest BCUT2D eigenvalue weighted by Gasteiger charge is -2.24. The molecule has 0 amide bonds. The zero-order chi connectivity index (χ0) is 12.3. The van der Waals surface area contributed by atoms with Crippen LogP contribution in [-0.4, -0.2) is 38.9 Å². The number of unbranched alkanes of at least 4 members (excludes halogenated alkanes) is 3. The summed E-state index contributed by atoms with van der Waals surface area (Å²) < 4.78 is 5.41. The van der Waals surface area contributed by atoms with Gasteiger partial charge in [-0.15, -0.1) is 0 Å². The van der Waals surface area contributed by atoms with Crippen LogP contribution in [0.4, 0.5) is 0 Å². The van der Waals surface area contributed by atoms with Gasteiger partial charge in [-0.25, -0.2) is 0 Å². The minimum atomic E-state index is 0.518. The number of nitrogens with one attached hydrogen (secondary N) is 2. The molecule has 0 aromatic heterocycles.